The van der Waals surface area contributed by atoms with Crippen LogP contribution < -0.4 is 0 Å². The van der Waals surface area contributed by atoms with Crippen LogP contribution in [-0.4, -0.2) is 44.6 Å². The van der Waals surface area contributed by atoms with Crippen molar-refractivity contribution in [2.45, 2.75) is 12.6 Å². The minimum Gasteiger partial charge on any atom is -0.390 e. The number of rotatable bonds is 7. The van der Waals surface area contributed by atoms with E-state index in [1.165, 1.54) is 7.11 Å². The Morgan fingerprint density at radius 3 is 2.61 bits per heavy atom. The van der Waals surface area contributed by atoms with E-state index in [9.17, 15) is 20.2 Å². The zero-order valence-electron chi connectivity index (χ0n) is 9.06. The molecule has 11 nitrogen and oxygen atoms in total. The van der Waals surface area contributed by atoms with Gasteiger partial charge in [0.2, 0.25) is 0 Å². The molecule has 0 aliphatic heterocycles. The fourth-order valence-corrected chi connectivity index (χ4v) is 1.50. The molecule has 1 atom stereocenters. The first-order valence-electron chi connectivity index (χ1n) is 4.49. The van der Waals surface area contributed by atoms with Crippen molar-refractivity contribution in [2.75, 3.05) is 13.7 Å². The van der Waals surface area contributed by atoms with Crippen LogP contribution in [0.2, 0.25) is 0 Å². The average molecular weight is 326 g/mol. The zero-order chi connectivity index (χ0) is 13.7. The molecule has 18 heavy (non-hydrogen) atoms. The lowest BCUT2D eigenvalue weighted by molar-refractivity contribution is -0.769. The Labute approximate surface area is 108 Å². The van der Waals surface area contributed by atoms with E-state index in [1.54, 1.807) is 0 Å². The SMILES string of the molecule is COCC(Cn1nc([N+](=O)[O-])nc1Br)O[N+](=O)[O-]. The molecule has 1 unspecified atom stereocenters. The molecule has 1 aromatic rings. The van der Waals surface area contributed by atoms with E-state index >= 15 is 0 Å². The van der Waals surface area contributed by atoms with Crippen molar-refractivity contribution in [1.29, 1.82) is 0 Å². The first kappa shape index (κ1) is 14.2. The van der Waals surface area contributed by atoms with Crippen molar-refractivity contribution in [2.24, 2.45) is 0 Å². The Balaban J connectivity index is 2.79. The molecule has 0 amide bonds. The van der Waals surface area contributed by atoms with Crippen molar-refractivity contribution < 1.29 is 19.6 Å². The Bertz CT molecular complexity index is 450. The van der Waals surface area contributed by atoms with Crippen LogP contribution >= 0.6 is 15.9 Å². The molecule has 0 aliphatic carbocycles. The summed E-state index contributed by atoms with van der Waals surface area (Å²) in [5, 5.41) is 23.2. The summed E-state index contributed by atoms with van der Waals surface area (Å²) >= 11 is 2.95. The summed E-state index contributed by atoms with van der Waals surface area (Å²) in [6.07, 6.45) is -0.942. The van der Waals surface area contributed by atoms with Crippen LogP contribution in [0.1, 0.15) is 0 Å². The minimum atomic E-state index is -0.969. The molecule has 0 fully saturated rings. The summed E-state index contributed by atoms with van der Waals surface area (Å²) < 4.78 is 5.88. The second kappa shape index (κ2) is 6.20. The van der Waals surface area contributed by atoms with E-state index in [0.717, 1.165) is 4.68 Å². The van der Waals surface area contributed by atoms with Crippen LogP contribution in [0.5, 0.6) is 0 Å². The maximum Gasteiger partial charge on any atom is 0.492 e. The normalized spacial score (nSPS) is 12.1. The van der Waals surface area contributed by atoms with E-state index < -0.39 is 22.1 Å². The molecule has 0 radical (unpaired) electrons. The number of hydrogen-bond donors (Lipinski definition) is 0. The molecule has 0 saturated carbocycles. The molecule has 0 spiro atoms. The van der Waals surface area contributed by atoms with Crippen molar-refractivity contribution in [3.05, 3.63) is 25.0 Å². The highest BCUT2D eigenvalue weighted by Crippen LogP contribution is 2.13. The van der Waals surface area contributed by atoms with Gasteiger partial charge in [-0.1, -0.05) is 0 Å². The summed E-state index contributed by atoms with van der Waals surface area (Å²) in [6.45, 7) is -0.183. The average Bonchev–Trinajstić information content (AvgIpc) is 2.60. The molecule has 12 heteroatoms. The third-order valence-corrected chi connectivity index (χ3v) is 2.33. The molecule has 0 aromatic carbocycles. The van der Waals surface area contributed by atoms with Gasteiger partial charge in [0.05, 0.1) is 13.2 Å². The second-order valence-corrected chi connectivity index (χ2v) is 3.74. The monoisotopic (exact) mass is 325 g/mol. The van der Waals surface area contributed by atoms with Gasteiger partial charge in [0, 0.05) is 28.1 Å². The molecule has 0 aliphatic rings. The van der Waals surface area contributed by atoms with E-state index in [4.69, 9.17) is 4.74 Å². The lowest BCUT2D eigenvalue weighted by Gasteiger charge is -2.11. The highest BCUT2D eigenvalue weighted by molar-refractivity contribution is 9.10. The standard InChI is InChI=1S/C6H8BrN5O6/c1-17-3-4(18-12(15)16)2-10-5(7)8-6(9-10)11(13)14/h4H,2-3H2,1H3. The predicted molar refractivity (Wildman–Crippen MR) is 58.1 cm³/mol. The summed E-state index contributed by atoms with van der Waals surface area (Å²) in [5.41, 5.74) is 0. The van der Waals surface area contributed by atoms with Crippen molar-refractivity contribution in [3.8, 4) is 0 Å². The molecule has 1 heterocycles. The van der Waals surface area contributed by atoms with Crippen molar-refractivity contribution >= 4 is 21.9 Å². The molecule has 0 N–H and O–H groups in total. The quantitative estimate of drug-likeness (QED) is 0.511. The van der Waals surface area contributed by atoms with Gasteiger partial charge in [0.1, 0.15) is 0 Å². The number of aromatic nitrogens is 3. The lowest BCUT2D eigenvalue weighted by Crippen LogP contribution is -2.28. The van der Waals surface area contributed by atoms with Crippen LogP contribution in [0.3, 0.4) is 0 Å². The molecular weight excluding hydrogens is 318 g/mol. The smallest absolute Gasteiger partial charge is 0.390 e. The topological polar surface area (TPSA) is 135 Å². The van der Waals surface area contributed by atoms with Gasteiger partial charge in [-0.05, 0) is 9.91 Å². The summed E-state index contributed by atoms with van der Waals surface area (Å²) in [6, 6.07) is 0. The predicted octanol–water partition coefficient (Wildman–Crippen LogP) is 0.172. The number of nitrogens with zero attached hydrogens (tertiary/aromatic N) is 5. The van der Waals surface area contributed by atoms with Gasteiger partial charge in [-0.25, -0.2) is 0 Å². The molecular formula is C6H8BrN5O6. The summed E-state index contributed by atoms with van der Waals surface area (Å²) in [5.74, 6) is -0.612. The summed E-state index contributed by atoms with van der Waals surface area (Å²) in [4.78, 5) is 27.7. The molecule has 0 saturated heterocycles. The zero-order valence-corrected chi connectivity index (χ0v) is 10.6. The fourth-order valence-electron chi connectivity index (χ4n) is 1.12. The van der Waals surface area contributed by atoms with Gasteiger partial charge in [0.25, 0.3) is 9.82 Å². The van der Waals surface area contributed by atoms with Gasteiger partial charge in [0.15, 0.2) is 6.10 Å². The largest absolute Gasteiger partial charge is 0.492 e. The second-order valence-electron chi connectivity index (χ2n) is 3.03. The van der Waals surface area contributed by atoms with Gasteiger partial charge < -0.3 is 19.7 Å². The van der Waals surface area contributed by atoms with Crippen LogP contribution in [0.4, 0.5) is 5.95 Å². The van der Waals surface area contributed by atoms with E-state index in [0.29, 0.717) is 0 Å². The molecule has 1 aromatic heterocycles. The van der Waals surface area contributed by atoms with E-state index in [2.05, 4.69) is 30.9 Å². The van der Waals surface area contributed by atoms with Gasteiger partial charge in [-0.15, -0.1) is 10.1 Å². The van der Waals surface area contributed by atoms with Crippen LogP contribution in [0.25, 0.3) is 0 Å². The van der Waals surface area contributed by atoms with Crippen molar-refractivity contribution in [3.63, 3.8) is 0 Å². The van der Waals surface area contributed by atoms with Gasteiger partial charge in [-0.2, -0.15) is 4.68 Å². The van der Waals surface area contributed by atoms with Crippen LogP contribution in [0.15, 0.2) is 4.73 Å². The fraction of sp³-hybridized carbons (Fsp3) is 0.667. The molecule has 1 rings (SSSR count). The molecule has 100 valence electrons. The number of halogens is 1. The van der Waals surface area contributed by atoms with Gasteiger partial charge >= 0.3 is 5.95 Å². The number of ether oxygens (including phenoxy) is 1. The van der Waals surface area contributed by atoms with E-state index in [1.807, 2.05) is 0 Å². The maximum absolute atomic E-state index is 10.4. The first-order chi connectivity index (χ1) is 8.43. The number of nitro groups is 1. The Kier molecular flexibility index (Phi) is 4.91. The third-order valence-electron chi connectivity index (χ3n) is 1.74. The Morgan fingerprint density at radius 2 is 2.17 bits per heavy atom. The van der Waals surface area contributed by atoms with Crippen molar-refractivity contribution in [1.82, 2.24) is 14.8 Å². The third kappa shape index (κ3) is 3.89. The van der Waals surface area contributed by atoms with E-state index in [-0.39, 0.29) is 17.9 Å². The highest BCUT2D eigenvalue weighted by atomic mass is 79.9. The van der Waals surface area contributed by atoms with Crippen LogP contribution in [0, 0.1) is 20.2 Å². The Morgan fingerprint density at radius 1 is 1.50 bits per heavy atom. The van der Waals surface area contributed by atoms with Crippen LogP contribution in [-0.2, 0) is 16.1 Å². The summed E-state index contributed by atoms with van der Waals surface area (Å²) in [7, 11) is 1.34. The number of hydrogen-bond acceptors (Lipinski definition) is 8. The minimum absolute atomic E-state index is 0.0684. The maximum atomic E-state index is 10.4. The lowest BCUT2D eigenvalue weighted by atomic mass is 10.4. The molecule has 0 bridgehead atoms. The Hall–Kier alpha value is -1.82. The highest BCUT2D eigenvalue weighted by Gasteiger charge is 2.23. The number of methoxy groups -OCH3 is 1. The first-order valence-corrected chi connectivity index (χ1v) is 5.28. The van der Waals surface area contributed by atoms with Gasteiger partial charge in [-0.3, -0.25) is 0 Å².